The monoisotopic (exact) mass is 189 g/mol. The number of hydrogen-bond acceptors (Lipinski definition) is 2. The molecule has 1 aliphatic rings. The van der Waals surface area contributed by atoms with E-state index in [1.807, 2.05) is 20.0 Å². The minimum absolute atomic E-state index is 0.303. The number of fused-ring (bicyclic) bond motifs is 1. The molecule has 0 atom stereocenters. The highest BCUT2D eigenvalue weighted by Gasteiger charge is 2.17. The van der Waals surface area contributed by atoms with Gasteiger partial charge in [0.05, 0.1) is 0 Å². The minimum atomic E-state index is 0.303. The molecule has 0 amide bonds. The Morgan fingerprint density at radius 1 is 1.29 bits per heavy atom. The van der Waals surface area contributed by atoms with Gasteiger partial charge >= 0.3 is 0 Å². The highest BCUT2D eigenvalue weighted by molar-refractivity contribution is 5.99. The van der Waals surface area contributed by atoms with Gasteiger partial charge in [-0.05, 0) is 43.0 Å². The first-order chi connectivity index (χ1) is 6.72. The zero-order valence-electron chi connectivity index (χ0n) is 8.68. The standard InChI is InChI=1S/C12H15NO/c1-8-6-10-9(7-11(8)13-2)4-3-5-12(10)14/h6-7,13H,3-5H2,1-2H3. The molecular formula is C12H15NO. The van der Waals surface area contributed by atoms with Crippen LogP contribution in [0.25, 0.3) is 0 Å². The molecule has 0 bridgehead atoms. The summed E-state index contributed by atoms with van der Waals surface area (Å²) in [7, 11) is 1.92. The van der Waals surface area contributed by atoms with E-state index in [0.29, 0.717) is 12.2 Å². The number of anilines is 1. The van der Waals surface area contributed by atoms with Crippen molar-refractivity contribution in [3.05, 3.63) is 28.8 Å². The van der Waals surface area contributed by atoms with E-state index in [1.54, 1.807) is 0 Å². The van der Waals surface area contributed by atoms with Gasteiger partial charge in [-0.2, -0.15) is 0 Å². The molecule has 0 radical (unpaired) electrons. The first-order valence-electron chi connectivity index (χ1n) is 5.07. The van der Waals surface area contributed by atoms with Crippen molar-refractivity contribution in [2.45, 2.75) is 26.2 Å². The summed E-state index contributed by atoms with van der Waals surface area (Å²) in [4.78, 5) is 11.6. The normalized spacial score (nSPS) is 15.1. The molecule has 74 valence electrons. The second-order valence-electron chi connectivity index (χ2n) is 3.85. The number of nitrogens with one attached hydrogen (secondary N) is 1. The van der Waals surface area contributed by atoms with Crippen LogP contribution >= 0.6 is 0 Å². The van der Waals surface area contributed by atoms with Gasteiger partial charge in [-0.25, -0.2) is 0 Å². The molecule has 2 heteroatoms. The lowest BCUT2D eigenvalue weighted by Gasteiger charge is -2.17. The van der Waals surface area contributed by atoms with Crippen LogP contribution in [-0.4, -0.2) is 12.8 Å². The van der Waals surface area contributed by atoms with E-state index in [9.17, 15) is 4.79 Å². The van der Waals surface area contributed by atoms with Gasteiger partial charge in [0.1, 0.15) is 0 Å². The zero-order valence-corrected chi connectivity index (χ0v) is 8.68. The minimum Gasteiger partial charge on any atom is -0.388 e. The maximum atomic E-state index is 11.6. The van der Waals surface area contributed by atoms with E-state index in [1.165, 1.54) is 5.56 Å². The summed E-state index contributed by atoms with van der Waals surface area (Å²) in [6, 6.07) is 4.13. The number of rotatable bonds is 1. The molecule has 0 unspecified atom stereocenters. The maximum Gasteiger partial charge on any atom is 0.163 e. The van der Waals surface area contributed by atoms with E-state index >= 15 is 0 Å². The number of ketones is 1. The molecule has 14 heavy (non-hydrogen) atoms. The van der Waals surface area contributed by atoms with Crippen molar-refractivity contribution in [3.63, 3.8) is 0 Å². The van der Waals surface area contributed by atoms with Crippen LogP contribution in [0.2, 0.25) is 0 Å². The molecule has 0 aromatic heterocycles. The van der Waals surface area contributed by atoms with Crippen molar-refractivity contribution in [2.75, 3.05) is 12.4 Å². The molecular weight excluding hydrogens is 174 g/mol. The first-order valence-corrected chi connectivity index (χ1v) is 5.07. The third-order valence-corrected chi connectivity index (χ3v) is 2.87. The summed E-state index contributed by atoms with van der Waals surface area (Å²) in [5, 5.41) is 3.15. The van der Waals surface area contributed by atoms with Crippen molar-refractivity contribution in [2.24, 2.45) is 0 Å². The van der Waals surface area contributed by atoms with Gasteiger partial charge in [0.2, 0.25) is 0 Å². The maximum absolute atomic E-state index is 11.6. The Kier molecular flexibility index (Phi) is 2.28. The van der Waals surface area contributed by atoms with E-state index in [2.05, 4.69) is 11.4 Å². The molecule has 2 nitrogen and oxygen atoms in total. The summed E-state index contributed by atoms with van der Waals surface area (Å²) < 4.78 is 0. The van der Waals surface area contributed by atoms with Crippen molar-refractivity contribution < 1.29 is 4.79 Å². The van der Waals surface area contributed by atoms with E-state index in [-0.39, 0.29) is 0 Å². The molecule has 0 saturated heterocycles. The van der Waals surface area contributed by atoms with Crippen molar-refractivity contribution in [1.82, 2.24) is 0 Å². The fourth-order valence-corrected chi connectivity index (χ4v) is 2.06. The summed E-state index contributed by atoms with van der Waals surface area (Å²) in [5.41, 5.74) is 4.43. The van der Waals surface area contributed by atoms with Crippen LogP contribution in [0.15, 0.2) is 12.1 Å². The van der Waals surface area contributed by atoms with Gasteiger partial charge in [0.25, 0.3) is 0 Å². The Morgan fingerprint density at radius 2 is 2.07 bits per heavy atom. The van der Waals surface area contributed by atoms with Gasteiger partial charge in [0.15, 0.2) is 5.78 Å². The SMILES string of the molecule is CNc1cc2c(cc1C)C(=O)CCC2. The lowest BCUT2D eigenvalue weighted by molar-refractivity contribution is 0.0972. The number of benzene rings is 1. The zero-order chi connectivity index (χ0) is 10.1. The Bertz CT molecular complexity index is 382. The summed E-state index contributed by atoms with van der Waals surface area (Å²) in [6.45, 7) is 2.04. The van der Waals surface area contributed by atoms with E-state index in [0.717, 1.165) is 29.7 Å². The Balaban J connectivity index is 2.54. The second kappa shape index (κ2) is 3.45. The molecule has 1 aromatic carbocycles. The quantitative estimate of drug-likeness (QED) is 0.735. The Labute approximate surface area is 84.3 Å². The number of Topliss-reactive ketones (excluding diaryl/α,β-unsaturated/α-hetero) is 1. The van der Waals surface area contributed by atoms with Gasteiger partial charge in [0, 0.05) is 24.7 Å². The first kappa shape index (κ1) is 9.25. The molecule has 1 N–H and O–H groups in total. The Hall–Kier alpha value is -1.31. The summed E-state index contributed by atoms with van der Waals surface area (Å²) >= 11 is 0. The second-order valence-corrected chi connectivity index (χ2v) is 3.85. The molecule has 0 saturated carbocycles. The van der Waals surface area contributed by atoms with Gasteiger partial charge in [-0.3, -0.25) is 4.79 Å². The van der Waals surface area contributed by atoms with Crippen LogP contribution in [0.1, 0.15) is 34.3 Å². The average molecular weight is 189 g/mol. The largest absolute Gasteiger partial charge is 0.388 e. The predicted octanol–water partition coefficient (Wildman–Crippen LogP) is 2.56. The summed E-state index contributed by atoms with van der Waals surface area (Å²) in [5.74, 6) is 0.303. The van der Waals surface area contributed by atoms with Crippen LogP contribution in [0, 0.1) is 6.92 Å². The molecule has 0 spiro atoms. The average Bonchev–Trinajstić information content (AvgIpc) is 2.19. The van der Waals surface area contributed by atoms with Crippen molar-refractivity contribution >= 4 is 11.5 Å². The third kappa shape index (κ3) is 1.41. The molecule has 0 aliphatic heterocycles. The van der Waals surface area contributed by atoms with Crippen molar-refractivity contribution in [3.8, 4) is 0 Å². The molecule has 1 aliphatic carbocycles. The predicted molar refractivity (Wildman–Crippen MR) is 58.0 cm³/mol. The number of carbonyl (C=O) groups excluding carboxylic acids is 1. The number of hydrogen-bond donors (Lipinski definition) is 1. The lowest BCUT2D eigenvalue weighted by Crippen LogP contribution is -2.11. The summed E-state index contributed by atoms with van der Waals surface area (Å²) in [6.07, 6.45) is 2.75. The Morgan fingerprint density at radius 3 is 2.79 bits per heavy atom. The van der Waals surface area contributed by atoms with Crippen LogP contribution in [0.4, 0.5) is 5.69 Å². The van der Waals surface area contributed by atoms with Crippen molar-refractivity contribution in [1.29, 1.82) is 0 Å². The molecule has 0 fully saturated rings. The fraction of sp³-hybridized carbons (Fsp3) is 0.417. The topological polar surface area (TPSA) is 29.1 Å². The highest BCUT2D eigenvalue weighted by atomic mass is 16.1. The molecule has 1 aromatic rings. The van der Waals surface area contributed by atoms with Gasteiger partial charge < -0.3 is 5.32 Å². The lowest BCUT2D eigenvalue weighted by atomic mass is 9.89. The highest BCUT2D eigenvalue weighted by Crippen LogP contribution is 2.26. The van der Waals surface area contributed by atoms with Crippen LogP contribution in [0.3, 0.4) is 0 Å². The fourth-order valence-electron chi connectivity index (χ4n) is 2.06. The molecule has 2 rings (SSSR count). The molecule has 0 heterocycles. The number of carbonyl (C=O) groups is 1. The van der Waals surface area contributed by atoms with Crippen LogP contribution in [0.5, 0.6) is 0 Å². The van der Waals surface area contributed by atoms with Crippen LogP contribution in [-0.2, 0) is 6.42 Å². The van der Waals surface area contributed by atoms with E-state index < -0.39 is 0 Å². The van der Waals surface area contributed by atoms with E-state index in [4.69, 9.17) is 0 Å². The third-order valence-electron chi connectivity index (χ3n) is 2.87. The van der Waals surface area contributed by atoms with Gasteiger partial charge in [-0.15, -0.1) is 0 Å². The smallest absolute Gasteiger partial charge is 0.163 e. The van der Waals surface area contributed by atoms with Crippen LogP contribution < -0.4 is 5.32 Å². The number of aryl methyl sites for hydroxylation is 2. The van der Waals surface area contributed by atoms with Gasteiger partial charge in [-0.1, -0.05) is 0 Å².